The first-order valence-electron chi connectivity index (χ1n) is 6.52. The molecule has 6 heteroatoms. The summed E-state index contributed by atoms with van der Waals surface area (Å²) in [4.78, 5) is 26.1. The van der Waals surface area contributed by atoms with Gasteiger partial charge in [0.05, 0.1) is 11.4 Å². The van der Waals surface area contributed by atoms with Crippen molar-refractivity contribution in [2.45, 2.75) is 35.1 Å². The molecule has 3 atom stereocenters. The van der Waals surface area contributed by atoms with Gasteiger partial charge in [0.25, 0.3) is 0 Å². The van der Waals surface area contributed by atoms with E-state index < -0.39 is 18.1 Å². The number of carboxylic acids is 1. The van der Waals surface area contributed by atoms with Crippen LogP contribution in [0.25, 0.3) is 0 Å². The highest BCUT2D eigenvalue weighted by atomic mass is 32.2. The van der Waals surface area contributed by atoms with Crippen molar-refractivity contribution in [3.8, 4) is 0 Å². The lowest BCUT2D eigenvalue weighted by Gasteiger charge is -2.23. The molecule has 0 spiro atoms. The number of β-amino-alcohol motifs (C(OH)–C–C–N with tert-alkyl or cyclic N) is 1. The Morgan fingerprint density at radius 3 is 2.75 bits per heavy atom. The number of carboxylic acid groups (broad SMARTS) is 1. The molecule has 2 aliphatic rings. The predicted molar refractivity (Wildman–Crippen MR) is 73.6 cm³/mol. The molecule has 2 heterocycles. The summed E-state index contributed by atoms with van der Waals surface area (Å²) in [6, 6.07) is 6.93. The third-order valence-electron chi connectivity index (χ3n) is 3.77. The van der Waals surface area contributed by atoms with Crippen molar-refractivity contribution in [2.75, 3.05) is 6.54 Å². The fourth-order valence-electron chi connectivity index (χ4n) is 2.80. The van der Waals surface area contributed by atoms with Crippen LogP contribution >= 0.6 is 11.8 Å². The van der Waals surface area contributed by atoms with E-state index in [1.165, 1.54) is 16.7 Å². The zero-order valence-corrected chi connectivity index (χ0v) is 11.5. The van der Waals surface area contributed by atoms with Crippen molar-refractivity contribution in [1.29, 1.82) is 0 Å². The van der Waals surface area contributed by atoms with E-state index in [2.05, 4.69) is 0 Å². The van der Waals surface area contributed by atoms with Gasteiger partial charge in [0.15, 0.2) is 0 Å². The highest BCUT2D eigenvalue weighted by Crippen LogP contribution is 2.38. The minimum atomic E-state index is -1.05. The summed E-state index contributed by atoms with van der Waals surface area (Å²) < 4.78 is 0. The van der Waals surface area contributed by atoms with Crippen LogP contribution in [0.3, 0.4) is 0 Å². The van der Waals surface area contributed by atoms with Crippen LogP contribution in [0.2, 0.25) is 0 Å². The highest BCUT2D eigenvalue weighted by Gasteiger charge is 2.42. The summed E-state index contributed by atoms with van der Waals surface area (Å²) in [5.41, 5.74) is 1.13. The summed E-state index contributed by atoms with van der Waals surface area (Å²) >= 11 is 1.48. The number of aliphatic hydroxyl groups is 1. The summed E-state index contributed by atoms with van der Waals surface area (Å²) in [6.07, 6.45) is -0.00173. The molecule has 1 aromatic carbocycles. The van der Waals surface area contributed by atoms with Gasteiger partial charge in [0, 0.05) is 17.9 Å². The Labute approximate surface area is 120 Å². The predicted octanol–water partition coefficient (Wildman–Crippen LogP) is 0.750. The van der Waals surface area contributed by atoms with Crippen LogP contribution in [-0.2, 0) is 16.0 Å². The molecule has 5 nitrogen and oxygen atoms in total. The average Bonchev–Trinajstić information content (AvgIpc) is 3.01. The summed E-state index contributed by atoms with van der Waals surface area (Å²) in [5, 5.41) is 18.5. The molecule has 2 N–H and O–H groups in total. The topological polar surface area (TPSA) is 77.8 Å². The summed E-state index contributed by atoms with van der Waals surface area (Å²) in [7, 11) is 0. The maximum absolute atomic E-state index is 12.5. The average molecular weight is 293 g/mol. The minimum Gasteiger partial charge on any atom is -0.480 e. The Morgan fingerprint density at radius 2 is 2.05 bits per heavy atom. The third kappa shape index (κ3) is 2.29. The number of benzene rings is 1. The molecule has 3 rings (SSSR count). The second-order valence-corrected chi connectivity index (χ2v) is 6.40. The molecule has 1 aromatic rings. The number of likely N-dealkylation sites (tertiary alicyclic amines) is 1. The summed E-state index contributed by atoms with van der Waals surface area (Å²) in [5.74, 6) is -1.23. The quantitative estimate of drug-likeness (QED) is 0.841. The van der Waals surface area contributed by atoms with Crippen LogP contribution in [0, 0.1) is 0 Å². The van der Waals surface area contributed by atoms with Crippen LogP contribution in [0.5, 0.6) is 0 Å². The Kier molecular flexibility index (Phi) is 3.43. The van der Waals surface area contributed by atoms with E-state index in [4.69, 9.17) is 5.11 Å². The van der Waals surface area contributed by atoms with Crippen molar-refractivity contribution in [1.82, 2.24) is 4.90 Å². The molecule has 106 valence electrons. The smallest absolute Gasteiger partial charge is 0.326 e. The van der Waals surface area contributed by atoms with Gasteiger partial charge in [-0.05, 0) is 18.1 Å². The van der Waals surface area contributed by atoms with Crippen molar-refractivity contribution in [3.05, 3.63) is 29.8 Å². The molecule has 1 fully saturated rings. The van der Waals surface area contributed by atoms with E-state index in [1.807, 2.05) is 24.3 Å². The Bertz CT molecular complexity index is 537. The van der Waals surface area contributed by atoms with E-state index in [9.17, 15) is 14.7 Å². The Hall–Kier alpha value is -1.53. The largest absolute Gasteiger partial charge is 0.480 e. The molecule has 0 radical (unpaired) electrons. The zero-order chi connectivity index (χ0) is 14.3. The molecule has 1 saturated heterocycles. The van der Waals surface area contributed by atoms with Crippen LogP contribution in [0.15, 0.2) is 29.2 Å². The Balaban J connectivity index is 1.76. The van der Waals surface area contributed by atoms with Crippen molar-refractivity contribution >= 4 is 23.6 Å². The number of rotatable bonds is 2. The first-order valence-corrected chi connectivity index (χ1v) is 7.40. The number of nitrogens with zero attached hydrogens (tertiary/aromatic N) is 1. The number of hydrogen-bond acceptors (Lipinski definition) is 4. The van der Waals surface area contributed by atoms with Gasteiger partial charge in [-0.2, -0.15) is 0 Å². The zero-order valence-electron chi connectivity index (χ0n) is 10.7. The van der Waals surface area contributed by atoms with Crippen LogP contribution in [0.4, 0.5) is 0 Å². The fraction of sp³-hybridized carbons (Fsp3) is 0.429. The van der Waals surface area contributed by atoms with Crippen molar-refractivity contribution < 1.29 is 19.8 Å². The standard InChI is InChI=1S/C14H15NO4S/c16-9-6-10(14(18)19)15(7-9)13(17)12-5-8-3-1-2-4-11(8)20-12/h1-4,9-10,12,16H,5-7H2,(H,18,19). The third-order valence-corrected chi connectivity index (χ3v) is 5.07. The maximum atomic E-state index is 12.5. The first kappa shape index (κ1) is 13.5. The molecule has 0 aromatic heterocycles. The van der Waals surface area contributed by atoms with Crippen molar-refractivity contribution in [3.63, 3.8) is 0 Å². The lowest BCUT2D eigenvalue weighted by molar-refractivity contribution is -0.148. The lowest BCUT2D eigenvalue weighted by Crippen LogP contribution is -2.44. The number of fused-ring (bicyclic) bond motifs is 1. The van der Waals surface area contributed by atoms with Gasteiger partial charge in [-0.25, -0.2) is 4.79 Å². The summed E-state index contributed by atoms with van der Waals surface area (Å²) in [6.45, 7) is 0.114. The molecule has 0 aliphatic carbocycles. The molecular weight excluding hydrogens is 278 g/mol. The monoisotopic (exact) mass is 293 g/mol. The number of aliphatic hydroxyl groups excluding tert-OH is 1. The van der Waals surface area contributed by atoms with Gasteiger partial charge in [0.2, 0.25) is 5.91 Å². The van der Waals surface area contributed by atoms with Gasteiger partial charge in [-0.15, -0.1) is 11.8 Å². The number of thioether (sulfide) groups is 1. The molecule has 0 saturated carbocycles. The van der Waals surface area contributed by atoms with E-state index in [0.717, 1.165) is 10.5 Å². The number of hydrogen-bond donors (Lipinski definition) is 2. The minimum absolute atomic E-state index is 0.114. The Morgan fingerprint density at radius 1 is 1.30 bits per heavy atom. The van der Waals surface area contributed by atoms with Crippen LogP contribution < -0.4 is 0 Å². The second kappa shape index (κ2) is 5.10. The number of carbonyl (C=O) groups excluding carboxylic acids is 1. The molecule has 20 heavy (non-hydrogen) atoms. The normalized spacial score (nSPS) is 28.4. The van der Waals surface area contributed by atoms with E-state index in [1.54, 1.807) is 0 Å². The van der Waals surface area contributed by atoms with Gasteiger partial charge in [-0.1, -0.05) is 18.2 Å². The maximum Gasteiger partial charge on any atom is 0.326 e. The molecule has 1 amide bonds. The first-order chi connectivity index (χ1) is 9.56. The van der Waals surface area contributed by atoms with Gasteiger partial charge in [0.1, 0.15) is 6.04 Å². The SMILES string of the molecule is O=C(O)C1CC(O)CN1C(=O)C1Cc2ccccc2S1. The molecule has 0 bridgehead atoms. The molecule has 3 unspecified atom stereocenters. The number of aliphatic carboxylic acids is 1. The van der Waals surface area contributed by atoms with Gasteiger partial charge in [-0.3, -0.25) is 4.79 Å². The number of amides is 1. The van der Waals surface area contributed by atoms with E-state index >= 15 is 0 Å². The van der Waals surface area contributed by atoms with Crippen molar-refractivity contribution in [2.24, 2.45) is 0 Å². The van der Waals surface area contributed by atoms with Crippen LogP contribution in [-0.4, -0.2) is 50.9 Å². The second-order valence-electron chi connectivity index (χ2n) is 5.15. The van der Waals surface area contributed by atoms with Gasteiger partial charge >= 0.3 is 5.97 Å². The fourth-order valence-corrected chi connectivity index (χ4v) is 4.06. The molecule has 2 aliphatic heterocycles. The van der Waals surface area contributed by atoms with E-state index in [0.29, 0.717) is 6.42 Å². The number of carbonyl (C=O) groups is 2. The van der Waals surface area contributed by atoms with Gasteiger partial charge < -0.3 is 15.1 Å². The van der Waals surface area contributed by atoms with E-state index in [-0.39, 0.29) is 24.1 Å². The van der Waals surface area contributed by atoms with Crippen LogP contribution in [0.1, 0.15) is 12.0 Å². The molecular formula is C14H15NO4S. The lowest BCUT2D eigenvalue weighted by atomic mass is 10.1. The highest BCUT2D eigenvalue weighted by molar-refractivity contribution is 8.01.